The summed E-state index contributed by atoms with van der Waals surface area (Å²) in [4.78, 5) is 11.6. The highest BCUT2D eigenvalue weighted by Gasteiger charge is 2.05. The lowest BCUT2D eigenvalue weighted by Crippen LogP contribution is -2.43. The van der Waals surface area contributed by atoms with Gasteiger partial charge in [-0.25, -0.2) is 5.43 Å². The number of hydrogen-bond donors (Lipinski definition) is 7. The van der Waals surface area contributed by atoms with Crippen LogP contribution in [0.4, 0.5) is 0 Å². The molecule has 194 valence electrons. The average Bonchev–Trinajstić information content (AvgIpc) is 2.82. The predicted octanol–water partition coefficient (Wildman–Crippen LogP) is 3.59. The molecular formula is C26H49N7O. The molecule has 0 fully saturated rings. The van der Waals surface area contributed by atoms with E-state index in [1.165, 1.54) is 0 Å². The third kappa shape index (κ3) is 18.7. The first-order valence-electron chi connectivity index (χ1n) is 12.3. The molecule has 0 spiro atoms. The molecule has 0 aromatic rings. The van der Waals surface area contributed by atoms with Crippen LogP contribution in [0.15, 0.2) is 61.4 Å². The first-order chi connectivity index (χ1) is 16.2. The van der Waals surface area contributed by atoms with E-state index in [0.29, 0.717) is 25.9 Å². The molecule has 1 unspecified atom stereocenters. The van der Waals surface area contributed by atoms with Crippen LogP contribution in [0.3, 0.4) is 0 Å². The maximum absolute atomic E-state index is 11.6. The standard InChI is InChI=1S/C26H49N7O/c1-9-17-27-20(3)11-13-22(5)30-31-23(6)14-12-21(4)29-19-25(8)33-32-24(7)15-16-26(34)28-18-10-2/h25,27,29-33H,3-7,9-19H2,1-2,8H3,(H,28,34). The van der Waals surface area contributed by atoms with Crippen LogP contribution in [-0.4, -0.2) is 31.6 Å². The number of rotatable bonds is 23. The molecule has 8 heteroatoms. The summed E-state index contributed by atoms with van der Waals surface area (Å²) in [5.74, 6) is 0.0528. The average molecular weight is 476 g/mol. The van der Waals surface area contributed by atoms with E-state index in [1.807, 2.05) is 6.92 Å². The Kier molecular flexibility index (Phi) is 17.9. The molecule has 0 aliphatic rings. The normalized spacial score (nSPS) is 11.0. The maximum Gasteiger partial charge on any atom is 0.220 e. The minimum atomic E-state index is 0.0528. The zero-order valence-electron chi connectivity index (χ0n) is 21.8. The van der Waals surface area contributed by atoms with E-state index in [9.17, 15) is 4.79 Å². The van der Waals surface area contributed by atoms with Gasteiger partial charge in [0, 0.05) is 60.6 Å². The Morgan fingerprint density at radius 3 is 1.62 bits per heavy atom. The van der Waals surface area contributed by atoms with Gasteiger partial charge in [-0.15, -0.1) is 0 Å². The molecule has 0 rings (SSSR count). The fourth-order valence-corrected chi connectivity index (χ4v) is 2.64. The topological polar surface area (TPSA) is 101 Å². The number of amides is 1. The molecule has 0 aromatic heterocycles. The number of carbonyl (C=O) groups excluding carboxylic acids is 1. The lowest BCUT2D eigenvalue weighted by atomic mass is 10.2. The van der Waals surface area contributed by atoms with Gasteiger partial charge in [-0.1, -0.05) is 46.7 Å². The van der Waals surface area contributed by atoms with E-state index in [0.717, 1.165) is 73.6 Å². The molecule has 0 bridgehead atoms. The lowest BCUT2D eigenvalue weighted by Gasteiger charge is -2.19. The van der Waals surface area contributed by atoms with E-state index in [2.05, 4.69) is 84.4 Å². The van der Waals surface area contributed by atoms with E-state index < -0.39 is 0 Å². The summed E-state index contributed by atoms with van der Waals surface area (Å²) in [7, 11) is 0. The molecule has 0 saturated carbocycles. The van der Waals surface area contributed by atoms with Gasteiger partial charge >= 0.3 is 0 Å². The minimum Gasteiger partial charge on any atom is -0.389 e. The van der Waals surface area contributed by atoms with Crippen LogP contribution in [0.25, 0.3) is 0 Å². The van der Waals surface area contributed by atoms with Crippen LogP contribution >= 0.6 is 0 Å². The van der Waals surface area contributed by atoms with Crippen molar-refractivity contribution < 1.29 is 4.79 Å². The van der Waals surface area contributed by atoms with Gasteiger partial charge in [0.25, 0.3) is 0 Å². The molecular weight excluding hydrogens is 426 g/mol. The second-order valence-electron chi connectivity index (χ2n) is 8.60. The fraction of sp³-hybridized carbons (Fsp3) is 0.577. The van der Waals surface area contributed by atoms with Crippen LogP contribution in [0, 0.1) is 0 Å². The number of nitrogens with one attached hydrogen (secondary N) is 7. The Morgan fingerprint density at radius 1 is 0.618 bits per heavy atom. The van der Waals surface area contributed by atoms with Gasteiger partial charge in [0.1, 0.15) is 0 Å². The van der Waals surface area contributed by atoms with Crippen LogP contribution < -0.4 is 37.7 Å². The van der Waals surface area contributed by atoms with E-state index in [-0.39, 0.29) is 11.9 Å². The third-order valence-corrected chi connectivity index (χ3v) is 4.88. The second-order valence-corrected chi connectivity index (χ2v) is 8.60. The number of hydrogen-bond acceptors (Lipinski definition) is 7. The zero-order valence-corrected chi connectivity index (χ0v) is 21.8. The van der Waals surface area contributed by atoms with Crippen molar-refractivity contribution in [2.45, 2.75) is 78.2 Å². The van der Waals surface area contributed by atoms with Crippen molar-refractivity contribution in [2.75, 3.05) is 19.6 Å². The molecule has 34 heavy (non-hydrogen) atoms. The van der Waals surface area contributed by atoms with Crippen molar-refractivity contribution >= 4 is 5.91 Å². The zero-order chi connectivity index (χ0) is 25.8. The monoisotopic (exact) mass is 475 g/mol. The largest absolute Gasteiger partial charge is 0.389 e. The molecule has 0 aliphatic carbocycles. The van der Waals surface area contributed by atoms with Crippen molar-refractivity contribution in [1.29, 1.82) is 0 Å². The second kappa shape index (κ2) is 19.6. The predicted molar refractivity (Wildman–Crippen MR) is 145 cm³/mol. The highest BCUT2D eigenvalue weighted by Crippen LogP contribution is 2.07. The van der Waals surface area contributed by atoms with Crippen LogP contribution in [0.1, 0.15) is 72.1 Å². The quantitative estimate of drug-likeness (QED) is 0.113. The summed E-state index contributed by atoms with van der Waals surface area (Å²) < 4.78 is 0. The number of carbonyl (C=O) groups is 1. The summed E-state index contributed by atoms with van der Waals surface area (Å²) in [6.45, 7) is 28.7. The van der Waals surface area contributed by atoms with Crippen molar-refractivity contribution in [1.82, 2.24) is 37.7 Å². The van der Waals surface area contributed by atoms with E-state index >= 15 is 0 Å². The summed E-state index contributed by atoms with van der Waals surface area (Å²) in [5, 5.41) is 9.49. The Morgan fingerprint density at radius 2 is 1.06 bits per heavy atom. The van der Waals surface area contributed by atoms with Crippen molar-refractivity contribution in [3.63, 3.8) is 0 Å². The van der Waals surface area contributed by atoms with Crippen molar-refractivity contribution in [2.24, 2.45) is 0 Å². The summed E-state index contributed by atoms with van der Waals surface area (Å²) in [6, 6.07) is 0.148. The molecule has 7 N–H and O–H groups in total. The lowest BCUT2D eigenvalue weighted by molar-refractivity contribution is -0.121. The van der Waals surface area contributed by atoms with Crippen LogP contribution in [-0.2, 0) is 4.79 Å². The SMILES string of the molecule is C=C(CCC(=C)NNC(=C)CCC(=C)NCC(C)NNC(=C)CCC(=O)NCCC)NCCC. The van der Waals surface area contributed by atoms with Crippen molar-refractivity contribution in [3.8, 4) is 0 Å². The van der Waals surface area contributed by atoms with E-state index in [1.54, 1.807) is 0 Å². The molecule has 0 aliphatic heterocycles. The Labute approximate surface area is 207 Å². The highest BCUT2D eigenvalue weighted by atomic mass is 16.1. The third-order valence-electron chi connectivity index (χ3n) is 4.88. The Bertz CT molecular complexity index is 672. The van der Waals surface area contributed by atoms with Gasteiger partial charge in [-0.2, -0.15) is 0 Å². The molecule has 8 nitrogen and oxygen atoms in total. The smallest absolute Gasteiger partial charge is 0.220 e. The molecule has 1 atom stereocenters. The summed E-state index contributed by atoms with van der Waals surface area (Å²) >= 11 is 0. The summed E-state index contributed by atoms with van der Waals surface area (Å²) in [5.41, 5.74) is 17.0. The van der Waals surface area contributed by atoms with Gasteiger partial charge in [0.2, 0.25) is 5.91 Å². The minimum absolute atomic E-state index is 0.0528. The van der Waals surface area contributed by atoms with Gasteiger partial charge in [-0.05, 0) is 51.9 Å². The molecule has 1 amide bonds. The van der Waals surface area contributed by atoms with Gasteiger partial charge in [0.15, 0.2) is 0 Å². The van der Waals surface area contributed by atoms with Crippen LogP contribution in [0.2, 0.25) is 0 Å². The van der Waals surface area contributed by atoms with Crippen LogP contribution in [0.5, 0.6) is 0 Å². The number of allylic oxidation sites excluding steroid dienone is 5. The van der Waals surface area contributed by atoms with Crippen molar-refractivity contribution in [3.05, 3.63) is 61.4 Å². The maximum atomic E-state index is 11.6. The highest BCUT2D eigenvalue weighted by molar-refractivity contribution is 5.76. The van der Waals surface area contributed by atoms with Gasteiger partial charge in [-0.3, -0.25) is 4.79 Å². The Balaban J connectivity index is 3.87. The Hall–Kier alpha value is -2.87. The first kappa shape index (κ1) is 31.1. The van der Waals surface area contributed by atoms with Gasteiger partial charge in [0.05, 0.1) is 0 Å². The first-order valence-corrected chi connectivity index (χ1v) is 12.3. The van der Waals surface area contributed by atoms with E-state index in [4.69, 9.17) is 0 Å². The number of hydrazine groups is 2. The molecule has 0 aromatic carbocycles. The fourth-order valence-electron chi connectivity index (χ4n) is 2.64. The summed E-state index contributed by atoms with van der Waals surface area (Å²) in [6.07, 6.45) is 6.24. The molecule has 0 radical (unpaired) electrons. The molecule has 0 saturated heterocycles. The van der Waals surface area contributed by atoms with Gasteiger partial charge < -0.3 is 32.2 Å². The molecule has 0 heterocycles.